The molecule has 1 aliphatic heterocycles. The van der Waals surface area contributed by atoms with Gasteiger partial charge in [-0.2, -0.15) is 0 Å². The summed E-state index contributed by atoms with van der Waals surface area (Å²) < 4.78 is 6.34. The number of aromatic amines is 1. The predicted octanol–water partition coefficient (Wildman–Crippen LogP) is 2.93. The van der Waals surface area contributed by atoms with Crippen LogP contribution in [0.15, 0.2) is 32.5 Å². The first kappa shape index (κ1) is 15.2. The van der Waals surface area contributed by atoms with Crippen LogP contribution in [0.2, 0.25) is 0 Å². The highest BCUT2D eigenvalue weighted by Crippen LogP contribution is 2.27. The van der Waals surface area contributed by atoms with E-state index in [0.717, 1.165) is 47.1 Å². The van der Waals surface area contributed by atoms with E-state index >= 15 is 0 Å². The largest absolute Gasteiger partial charge is 0.381 e. The van der Waals surface area contributed by atoms with Gasteiger partial charge in [0.15, 0.2) is 0 Å². The standard InChI is InChI=1S/C16H18BrN3O2/c1-18-9-13-15(19-11-4-6-22-7-5-11)12-3-2-10(17)8-14(12)20-16(13)21/h2-3,8-9,11H,4-7H2,1H3,(H2,19,20,21)/b18-9-. The van der Waals surface area contributed by atoms with E-state index in [2.05, 4.69) is 31.2 Å². The first-order valence-corrected chi connectivity index (χ1v) is 8.10. The quantitative estimate of drug-likeness (QED) is 0.823. The van der Waals surface area contributed by atoms with Gasteiger partial charge in [0.1, 0.15) is 0 Å². The zero-order chi connectivity index (χ0) is 15.5. The number of hydrogen-bond acceptors (Lipinski definition) is 4. The SMILES string of the molecule is C/N=C\c1c(NC2CCOCC2)c2ccc(Br)cc2[nH]c1=O. The summed E-state index contributed by atoms with van der Waals surface area (Å²) in [4.78, 5) is 19.3. The highest BCUT2D eigenvalue weighted by molar-refractivity contribution is 9.10. The van der Waals surface area contributed by atoms with Gasteiger partial charge in [0.25, 0.3) is 5.56 Å². The molecule has 1 saturated heterocycles. The van der Waals surface area contributed by atoms with Crippen molar-refractivity contribution in [2.45, 2.75) is 18.9 Å². The topological polar surface area (TPSA) is 66.5 Å². The Balaban J connectivity index is 2.14. The number of halogens is 1. The number of aliphatic imine (C=N–C) groups is 1. The van der Waals surface area contributed by atoms with Gasteiger partial charge >= 0.3 is 0 Å². The van der Waals surface area contributed by atoms with Gasteiger partial charge in [-0.25, -0.2) is 0 Å². The predicted molar refractivity (Wildman–Crippen MR) is 93.3 cm³/mol. The second-order valence-corrected chi connectivity index (χ2v) is 6.27. The molecule has 0 atom stereocenters. The number of benzene rings is 1. The molecule has 5 nitrogen and oxygen atoms in total. The summed E-state index contributed by atoms with van der Waals surface area (Å²) >= 11 is 3.44. The third kappa shape index (κ3) is 3.08. The molecule has 0 bridgehead atoms. The molecule has 2 aromatic rings. The molecule has 22 heavy (non-hydrogen) atoms. The molecule has 2 N–H and O–H groups in total. The molecule has 3 rings (SSSR count). The van der Waals surface area contributed by atoms with Crippen LogP contribution in [0.4, 0.5) is 5.69 Å². The first-order chi connectivity index (χ1) is 10.7. The van der Waals surface area contributed by atoms with E-state index in [1.807, 2.05) is 18.2 Å². The lowest BCUT2D eigenvalue weighted by Gasteiger charge is -2.25. The Morgan fingerprint density at radius 2 is 2.18 bits per heavy atom. The number of nitrogens with one attached hydrogen (secondary N) is 2. The van der Waals surface area contributed by atoms with Gasteiger partial charge in [0.05, 0.1) is 16.8 Å². The van der Waals surface area contributed by atoms with Crippen molar-refractivity contribution in [3.63, 3.8) is 0 Å². The maximum Gasteiger partial charge on any atom is 0.259 e. The molecule has 0 unspecified atom stereocenters. The van der Waals surface area contributed by atoms with Crippen LogP contribution < -0.4 is 10.9 Å². The average Bonchev–Trinajstić information content (AvgIpc) is 2.51. The fraction of sp³-hybridized carbons (Fsp3) is 0.375. The van der Waals surface area contributed by atoms with E-state index in [0.29, 0.717) is 11.6 Å². The number of hydrogen-bond donors (Lipinski definition) is 2. The molecule has 0 aliphatic carbocycles. The van der Waals surface area contributed by atoms with E-state index in [1.165, 1.54) is 0 Å². The van der Waals surface area contributed by atoms with E-state index in [4.69, 9.17) is 4.74 Å². The van der Waals surface area contributed by atoms with Gasteiger partial charge in [0, 0.05) is 42.4 Å². The molecular weight excluding hydrogens is 346 g/mol. The molecule has 6 heteroatoms. The van der Waals surface area contributed by atoms with E-state index in [-0.39, 0.29) is 5.56 Å². The minimum Gasteiger partial charge on any atom is -0.381 e. The summed E-state index contributed by atoms with van der Waals surface area (Å²) in [6.45, 7) is 1.50. The molecule has 1 aromatic heterocycles. The van der Waals surface area contributed by atoms with Crippen LogP contribution >= 0.6 is 15.9 Å². The lowest BCUT2D eigenvalue weighted by atomic mass is 10.1. The first-order valence-electron chi connectivity index (χ1n) is 7.31. The minimum absolute atomic E-state index is 0.134. The molecule has 116 valence electrons. The summed E-state index contributed by atoms with van der Waals surface area (Å²) in [5.41, 5.74) is 2.10. The molecule has 0 saturated carbocycles. The summed E-state index contributed by atoms with van der Waals surface area (Å²) in [7, 11) is 1.67. The third-order valence-corrected chi connectivity index (χ3v) is 4.33. The van der Waals surface area contributed by atoms with Crippen LogP contribution in [0.3, 0.4) is 0 Å². The van der Waals surface area contributed by atoms with Crippen molar-refractivity contribution < 1.29 is 4.74 Å². The zero-order valence-corrected chi connectivity index (χ0v) is 13.9. The van der Waals surface area contributed by atoms with Crippen LogP contribution in [0.5, 0.6) is 0 Å². The molecule has 0 amide bonds. The van der Waals surface area contributed by atoms with Crippen molar-refractivity contribution in [3.05, 3.63) is 38.6 Å². The second kappa shape index (κ2) is 6.62. The van der Waals surface area contributed by atoms with E-state index in [1.54, 1.807) is 13.3 Å². The number of H-pyrrole nitrogens is 1. The van der Waals surface area contributed by atoms with Crippen molar-refractivity contribution in [1.82, 2.24) is 4.98 Å². The summed E-state index contributed by atoms with van der Waals surface area (Å²) in [5, 5.41) is 4.52. The number of aromatic nitrogens is 1. The van der Waals surface area contributed by atoms with Crippen LogP contribution in [-0.4, -0.2) is 37.5 Å². The molecule has 0 radical (unpaired) electrons. The Morgan fingerprint density at radius 3 is 2.91 bits per heavy atom. The van der Waals surface area contributed by atoms with Gasteiger partial charge in [-0.1, -0.05) is 15.9 Å². The highest BCUT2D eigenvalue weighted by Gasteiger charge is 2.18. The Bertz CT molecular complexity index is 764. The molecular formula is C16H18BrN3O2. The number of anilines is 1. The second-order valence-electron chi connectivity index (χ2n) is 5.35. The lowest BCUT2D eigenvalue weighted by Crippen LogP contribution is -2.29. The lowest BCUT2D eigenvalue weighted by molar-refractivity contribution is 0.0905. The number of ether oxygens (including phenoxy) is 1. The number of nitrogens with zero attached hydrogens (tertiary/aromatic N) is 1. The minimum atomic E-state index is -0.134. The number of pyridine rings is 1. The van der Waals surface area contributed by atoms with Crippen LogP contribution in [0.25, 0.3) is 10.9 Å². The van der Waals surface area contributed by atoms with Gasteiger partial charge in [0.2, 0.25) is 0 Å². The van der Waals surface area contributed by atoms with Crippen molar-refractivity contribution in [3.8, 4) is 0 Å². The Hall–Kier alpha value is -1.66. The van der Waals surface area contributed by atoms with Crippen molar-refractivity contribution in [1.29, 1.82) is 0 Å². The van der Waals surface area contributed by atoms with Crippen LogP contribution in [0.1, 0.15) is 18.4 Å². The fourth-order valence-electron chi connectivity index (χ4n) is 2.74. The molecule has 1 fully saturated rings. The molecule has 1 aliphatic rings. The summed E-state index contributed by atoms with van der Waals surface area (Å²) in [6.07, 6.45) is 3.49. The molecule has 2 heterocycles. The van der Waals surface area contributed by atoms with Gasteiger partial charge in [-0.3, -0.25) is 9.79 Å². The smallest absolute Gasteiger partial charge is 0.259 e. The van der Waals surface area contributed by atoms with Crippen molar-refractivity contribution >= 4 is 38.7 Å². The van der Waals surface area contributed by atoms with Gasteiger partial charge in [-0.15, -0.1) is 0 Å². The number of fused-ring (bicyclic) bond motifs is 1. The van der Waals surface area contributed by atoms with Crippen molar-refractivity contribution in [2.75, 3.05) is 25.6 Å². The van der Waals surface area contributed by atoms with Gasteiger partial charge < -0.3 is 15.0 Å². The Labute approximate surface area is 136 Å². The highest BCUT2D eigenvalue weighted by atomic mass is 79.9. The monoisotopic (exact) mass is 363 g/mol. The maximum atomic E-state index is 12.4. The Morgan fingerprint density at radius 1 is 1.41 bits per heavy atom. The third-order valence-electron chi connectivity index (χ3n) is 3.84. The molecule has 0 spiro atoms. The average molecular weight is 364 g/mol. The van der Waals surface area contributed by atoms with Gasteiger partial charge in [-0.05, 0) is 31.0 Å². The van der Waals surface area contributed by atoms with Crippen LogP contribution in [-0.2, 0) is 4.74 Å². The Kier molecular flexibility index (Phi) is 4.59. The number of rotatable bonds is 3. The molecule has 1 aromatic carbocycles. The van der Waals surface area contributed by atoms with Crippen LogP contribution in [0, 0.1) is 0 Å². The van der Waals surface area contributed by atoms with Crippen molar-refractivity contribution in [2.24, 2.45) is 4.99 Å². The summed E-state index contributed by atoms with van der Waals surface area (Å²) in [6, 6.07) is 6.21. The normalized spacial score (nSPS) is 16.5. The van der Waals surface area contributed by atoms with E-state index < -0.39 is 0 Å². The fourth-order valence-corrected chi connectivity index (χ4v) is 3.10. The van der Waals surface area contributed by atoms with E-state index in [9.17, 15) is 4.79 Å². The zero-order valence-electron chi connectivity index (χ0n) is 12.4. The summed E-state index contributed by atoms with van der Waals surface area (Å²) in [5.74, 6) is 0. The maximum absolute atomic E-state index is 12.4.